The van der Waals surface area contributed by atoms with Gasteiger partial charge in [0.1, 0.15) is 5.75 Å². The van der Waals surface area contributed by atoms with E-state index in [2.05, 4.69) is 0 Å². The van der Waals surface area contributed by atoms with Crippen molar-refractivity contribution in [2.24, 2.45) is 0 Å². The maximum atomic E-state index is 12.5. The number of aryl methyl sites for hydroxylation is 1. The standard InChI is InChI=1S/C22H20O3/c1-3-24-20-6-4-5-7-21(20)25-19-14-12-18(13-15-19)22(23)17-10-8-16(2)9-11-17/h4-15H,3H2,1-2H3. The minimum absolute atomic E-state index is 0.00117. The molecule has 3 aromatic carbocycles. The summed E-state index contributed by atoms with van der Waals surface area (Å²) in [7, 11) is 0. The minimum Gasteiger partial charge on any atom is -0.490 e. The van der Waals surface area contributed by atoms with Gasteiger partial charge in [0.05, 0.1) is 6.61 Å². The summed E-state index contributed by atoms with van der Waals surface area (Å²) in [6, 6.07) is 22.3. The minimum atomic E-state index is 0.00117. The van der Waals surface area contributed by atoms with E-state index in [1.807, 2.05) is 62.4 Å². The first-order valence-electron chi connectivity index (χ1n) is 8.28. The van der Waals surface area contributed by atoms with Crippen molar-refractivity contribution in [3.05, 3.63) is 89.5 Å². The van der Waals surface area contributed by atoms with Gasteiger partial charge < -0.3 is 9.47 Å². The summed E-state index contributed by atoms with van der Waals surface area (Å²) < 4.78 is 11.4. The van der Waals surface area contributed by atoms with E-state index < -0.39 is 0 Å². The average Bonchev–Trinajstić information content (AvgIpc) is 2.64. The lowest BCUT2D eigenvalue weighted by Crippen LogP contribution is -2.01. The number of benzene rings is 3. The molecule has 0 N–H and O–H groups in total. The van der Waals surface area contributed by atoms with Crippen LogP contribution in [0.4, 0.5) is 0 Å². The molecule has 0 spiro atoms. The molecule has 3 aromatic rings. The Balaban J connectivity index is 1.76. The molecule has 126 valence electrons. The quantitative estimate of drug-likeness (QED) is 0.566. The molecule has 3 nitrogen and oxygen atoms in total. The number of carbonyl (C=O) groups excluding carboxylic acids is 1. The predicted molar refractivity (Wildman–Crippen MR) is 98.7 cm³/mol. The molecule has 0 radical (unpaired) electrons. The summed E-state index contributed by atoms with van der Waals surface area (Å²) in [4.78, 5) is 12.5. The average molecular weight is 332 g/mol. The Morgan fingerprint density at radius 3 is 1.96 bits per heavy atom. The van der Waals surface area contributed by atoms with Gasteiger partial charge in [-0.2, -0.15) is 0 Å². The van der Waals surface area contributed by atoms with Gasteiger partial charge >= 0.3 is 0 Å². The monoisotopic (exact) mass is 332 g/mol. The first-order chi connectivity index (χ1) is 12.2. The lowest BCUT2D eigenvalue weighted by molar-refractivity contribution is 0.103. The van der Waals surface area contributed by atoms with Crippen molar-refractivity contribution in [1.29, 1.82) is 0 Å². The molecule has 0 unspecified atom stereocenters. The molecule has 0 heterocycles. The highest BCUT2D eigenvalue weighted by atomic mass is 16.5. The summed E-state index contributed by atoms with van der Waals surface area (Å²) >= 11 is 0. The highest BCUT2D eigenvalue weighted by Crippen LogP contribution is 2.31. The van der Waals surface area contributed by atoms with Crippen molar-refractivity contribution < 1.29 is 14.3 Å². The Morgan fingerprint density at radius 1 is 0.800 bits per heavy atom. The van der Waals surface area contributed by atoms with Crippen LogP contribution >= 0.6 is 0 Å². The van der Waals surface area contributed by atoms with Crippen LogP contribution in [0.25, 0.3) is 0 Å². The van der Waals surface area contributed by atoms with Crippen LogP contribution in [0.5, 0.6) is 17.2 Å². The van der Waals surface area contributed by atoms with Crippen molar-refractivity contribution in [2.75, 3.05) is 6.61 Å². The smallest absolute Gasteiger partial charge is 0.193 e. The van der Waals surface area contributed by atoms with E-state index in [0.29, 0.717) is 35.0 Å². The summed E-state index contributed by atoms with van der Waals surface area (Å²) in [5.41, 5.74) is 2.45. The molecule has 3 heteroatoms. The summed E-state index contributed by atoms with van der Waals surface area (Å²) in [6.45, 7) is 4.51. The van der Waals surface area contributed by atoms with Gasteiger partial charge in [-0.25, -0.2) is 0 Å². The maximum absolute atomic E-state index is 12.5. The first kappa shape index (κ1) is 16.8. The number of carbonyl (C=O) groups is 1. The van der Waals surface area contributed by atoms with Gasteiger partial charge in [0.25, 0.3) is 0 Å². The molecule has 0 aliphatic rings. The summed E-state index contributed by atoms with van der Waals surface area (Å²) in [6.07, 6.45) is 0. The predicted octanol–water partition coefficient (Wildman–Crippen LogP) is 5.42. The van der Waals surface area contributed by atoms with E-state index in [-0.39, 0.29) is 5.78 Å². The normalized spacial score (nSPS) is 10.3. The number of hydrogen-bond donors (Lipinski definition) is 0. The second-order valence-electron chi connectivity index (χ2n) is 5.70. The third kappa shape index (κ3) is 4.07. The van der Waals surface area contributed by atoms with E-state index in [4.69, 9.17) is 9.47 Å². The maximum Gasteiger partial charge on any atom is 0.193 e. The highest BCUT2D eigenvalue weighted by molar-refractivity contribution is 6.09. The molecule has 0 bridgehead atoms. The van der Waals surface area contributed by atoms with Crippen LogP contribution < -0.4 is 9.47 Å². The number of hydrogen-bond acceptors (Lipinski definition) is 3. The van der Waals surface area contributed by atoms with E-state index in [1.165, 1.54) is 0 Å². The zero-order valence-corrected chi connectivity index (χ0v) is 14.4. The molecule has 0 aliphatic carbocycles. The van der Waals surface area contributed by atoms with Gasteiger partial charge in [0.15, 0.2) is 17.3 Å². The van der Waals surface area contributed by atoms with Crippen LogP contribution in [0.3, 0.4) is 0 Å². The van der Waals surface area contributed by atoms with Gasteiger partial charge in [-0.3, -0.25) is 4.79 Å². The third-order valence-electron chi connectivity index (χ3n) is 3.81. The summed E-state index contributed by atoms with van der Waals surface area (Å²) in [5.74, 6) is 2.01. The Kier molecular flexibility index (Phi) is 5.14. The zero-order valence-electron chi connectivity index (χ0n) is 14.4. The lowest BCUT2D eigenvalue weighted by atomic mass is 10.0. The number of ketones is 1. The van der Waals surface area contributed by atoms with Crippen LogP contribution in [0.15, 0.2) is 72.8 Å². The Bertz CT molecular complexity index is 849. The molecule has 0 fully saturated rings. The third-order valence-corrected chi connectivity index (χ3v) is 3.81. The molecule has 3 rings (SSSR count). The van der Waals surface area contributed by atoms with Gasteiger partial charge in [-0.15, -0.1) is 0 Å². The van der Waals surface area contributed by atoms with Crippen LogP contribution in [-0.2, 0) is 0 Å². The van der Waals surface area contributed by atoms with Gasteiger partial charge in [0, 0.05) is 11.1 Å². The molecule has 0 aromatic heterocycles. The van der Waals surface area contributed by atoms with Crippen molar-refractivity contribution in [1.82, 2.24) is 0 Å². The number of para-hydroxylation sites is 2. The molecular formula is C22H20O3. The fraction of sp³-hybridized carbons (Fsp3) is 0.136. The number of rotatable bonds is 6. The molecule has 25 heavy (non-hydrogen) atoms. The zero-order chi connectivity index (χ0) is 17.6. The van der Waals surface area contributed by atoms with Gasteiger partial charge in [-0.1, -0.05) is 42.0 Å². The topological polar surface area (TPSA) is 35.5 Å². The molecule has 0 amide bonds. The largest absolute Gasteiger partial charge is 0.490 e. The molecule has 0 saturated carbocycles. The lowest BCUT2D eigenvalue weighted by Gasteiger charge is -2.11. The van der Waals surface area contributed by atoms with Crippen molar-refractivity contribution in [2.45, 2.75) is 13.8 Å². The molecule has 0 saturated heterocycles. The fourth-order valence-electron chi connectivity index (χ4n) is 2.48. The van der Waals surface area contributed by atoms with E-state index in [9.17, 15) is 4.79 Å². The fourth-order valence-corrected chi connectivity index (χ4v) is 2.48. The molecule has 0 aliphatic heterocycles. The first-order valence-corrected chi connectivity index (χ1v) is 8.28. The van der Waals surface area contributed by atoms with Crippen molar-refractivity contribution >= 4 is 5.78 Å². The van der Waals surface area contributed by atoms with E-state index in [1.54, 1.807) is 24.3 Å². The van der Waals surface area contributed by atoms with Crippen molar-refractivity contribution in [3.63, 3.8) is 0 Å². The van der Waals surface area contributed by atoms with Crippen LogP contribution in [-0.4, -0.2) is 12.4 Å². The Hall–Kier alpha value is -3.07. The Morgan fingerprint density at radius 2 is 1.36 bits per heavy atom. The van der Waals surface area contributed by atoms with Crippen LogP contribution in [0.1, 0.15) is 28.4 Å². The second-order valence-corrected chi connectivity index (χ2v) is 5.70. The van der Waals surface area contributed by atoms with Gasteiger partial charge in [0.2, 0.25) is 0 Å². The Labute approximate surface area is 147 Å². The van der Waals surface area contributed by atoms with Crippen LogP contribution in [0.2, 0.25) is 0 Å². The highest BCUT2D eigenvalue weighted by Gasteiger charge is 2.10. The summed E-state index contributed by atoms with van der Waals surface area (Å²) in [5, 5.41) is 0. The van der Waals surface area contributed by atoms with E-state index in [0.717, 1.165) is 5.56 Å². The SMILES string of the molecule is CCOc1ccccc1Oc1ccc(C(=O)c2ccc(C)cc2)cc1. The molecular weight excluding hydrogens is 312 g/mol. The van der Waals surface area contributed by atoms with Gasteiger partial charge in [-0.05, 0) is 50.2 Å². The molecule has 0 atom stereocenters. The van der Waals surface area contributed by atoms with Crippen LogP contribution in [0, 0.1) is 6.92 Å². The van der Waals surface area contributed by atoms with E-state index >= 15 is 0 Å². The van der Waals surface area contributed by atoms with Crippen molar-refractivity contribution in [3.8, 4) is 17.2 Å². The number of ether oxygens (including phenoxy) is 2. The second kappa shape index (κ2) is 7.67.